The molecule has 3 rings (SSSR count). The molecule has 0 spiro atoms. The highest BCUT2D eigenvalue weighted by Gasteiger charge is 2.36. The van der Waals surface area contributed by atoms with E-state index < -0.39 is 40.6 Å². The van der Waals surface area contributed by atoms with Crippen molar-refractivity contribution < 1.29 is 41.8 Å². The van der Waals surface area contributed by atoms with Crippen LogP contribution >= 0.6 is 0 Å². The van der Waals surface area contributed by atoms with Gasteiger partial charge in [0.15, 0.2) is 0 Å². The van der Waals surface area contributed by atoms with Gasteiger partial charge in [-0.1, -0.05) is 12.1 Å². The normalized spacial score (nSPS) is 11.3. The van der Waals surface area contributed by atoms with E-state index in [1.165, 1.54) is 33.1 Å². The van der Waals surface area contributed by atoms with Gasteiger partial charge in [0, 0.05) is 11.8 Å². The summed E-state index contributed by atoms with van der Waals surface area (Å²) < 4.78 is 56.4. The number of rotatable bonds is 7. The summed E-state index contributed by atoms with van der Waals surface area (Å²) in [7, 11) is 1.40. The van der Waals surface area contributed by atoms with Crippen molar-refractivity contribution in [2.45, 2.75) is 20.0 Å². The maximum absolute atomic E-state index is 13.5. The Morgan fingerprint density at radius 3 is 2.15 bits per heavy atom. The van der Waals surface area contributed by atoms with E-state index in [0.717, 1.165) is 16.7 Å². The van der Waals surface area contributed by atoms with E-state index in [0.29, 0.717) is 11.8 Å². The number of halogens is 3. The van der Waals surface area contributed by atoms with Gasteiger partial charge in [-0.05, 0) is 38.1 Å². The average Bonchev–Trinajstić information content (AvgIpc) is 3.13. The first-order valence-corrected chi connectivity index (χ1v) is 9.92. The molecule has 3 aromatic rings. The average molecular weight is 463 g/mol. The van der Waals surface area contributed by atoms with Crippen LogP contribution in [0.15, 0.2) is 42.6 Å². The van der Waals surface area contributed by atoms with Gasteiger partial charge < -0.3 is 18.6 Å². The molecule has 0 aliphatic rings. The van der Waals surface area contributed by atoms with Crippen molar-refractivity contribution in [2.75, 3.05) is 20.3 Å². The van der Waals surface area contributed by atoms with Gasteiger partial charge in [-0.3, -0.25) is 4.79 Å². The van der Waals surface area contributed by atoms with Gasteiger partial charge in [0.05, 0.1) is 31.4 Å². The van der Waals surface area contributed by atoms with Crippen LogP contribution in [0.25, 0.3) is 5.52 Å². The Labute approximate surface area is 186 Å². The minimum Gasteiger partial charge on any atom is -0.497 e. The summed E-state index contributed by atoms with van der Waals surface area (Å²) in [5.41, 5.74) is -2.55. The summed E-state index contributed by atoms with van der Waals surface area (Å²) in [5, 5.41) is 0. The number of ether oxygens (including phenoxy) is 3. The molecule has 0 aliphatic carbocycles. The third-order valence-electron chi connectivity index (χ3n) is 4.77. The fourth-order valence-electron chi connectivity index (χ4n) is 3.37. The maximum atomic E-state index is 13.5. The zero-order chi connectivity index (χ0) is 24.3. The Hall–Kier alpha value is -3.82. The topological polar surface area (TPSA) is 83.3 Å². The molecule has 0 radical (unpaired) electrons. The molecule has 0 saturated heterocycles. The number of nitrogens with zero attached hydrogens (tertiary/aromatic N) is 1. The first-order valence-electron chi connectivity index (χ1n) is 9.92. The van der Waals surface area contributed by atoms with Gasteiger partial charge in [0.1, 0.15) is 22.6 Å². The molecule has 2 aromatic heterocycles. The van der Waals surface area contributed by atoms with E-state index in [1.807, 2.05) is 0 Å². The molecule has 1 aromatic carbocycles. The van der Waals surface area contributed by atoms with Crippen LogP contribution in [0.1, 0.15) is 56.2 Å². The lowest BCUT2D eigenvalue weighted by atomic mass is 10.0. The van der Waals surface area contributed by atoms with Crippen LogP contribution < -0.4 is 4.74 Å². The maximum Gasteiger partial charge on any atom is 0.416 e. The molecule has 0 amide bonds. The lowest BCUT2D eigenvalue weighted by Gasteiger charge is -2.09. The summed E-state index contributed by atoms with van der Waals surface area (Å²) in [6, 6.07) is 7.44. The third-order valence-corrected chi connectivity index (χ3v) is 4.77. The van der Waals surface area contributed by atoms with Crippen LogP contribution in [0.4, 0.5) is 13.2 Å². The van der Waals surface area contributed by atoms with E-state index in [1.54, 1.807) is 12.1 Å². The number of fused-ring (bicyclic) bond motifs is 1. The SMILES string of the molecule is CCOC(=O)c1c(C(=O)OCC)c2cc(C(F)(F)F)ccn2c1C(=O)c1cccc(OC)c1. The van der Waals surface area contributed by atoms with Crippen LogP contribution in [0.5, 0.6) is 5.75 Å². The molecule has 10 heteroatoms. The Morgan fingerprint density at radius 2 is 1.58 bits per heavy atom. The minimum atomic E-state index is -4.72. The number of methoxy groups -OCH3 is 1. The summed E-state index contributed by atoms with van der Waals surface area (Å²) >= 11 is 0. The number of esters is 2. The van der Waals surface area contributed by atoms with Crippen LogP contribution in [0.2, 0.25) is 0 Å². The first-order chi connectivity index (χ1) is 15.6. The Balaban J connectivity index is 2.41. The second-order valence-corrected chi connectivity index (χ2v) is 6.77. The number of hydrogen-bond acceptors (Lipinski definition) is 6. The van der Waals surface area contributed by atoms with E-state index in [9.17, 15) is 27.6 Å². The second kappa shape index (κ2) is 9.35. The number of benzene rings is 1. The van der Waals surface area contributed by atoms with Crippen LogP contribution in [-0.4, -0.2) is 42.4 Å². The van der Waals surface area contributed by atoms with Crippen molar-refractivity contribution in [2.24, 2.45) is 0 Å². The van der Waals surface area contributed by atoms with Crippen molar-refractivity contribution >= 4 is 23.2 Å². The quantitative estimate of drug-likeness (QED) is 0.378. The monoisotopic (exact) mass is 463 g/mol. The number of hydrogen-bond donors (Lipinski definition) is 0. The highest BCUT2D eigenvalue weighted by molar-refractivity contribution is 6.20. The van der Waals surface area contributed by atoms with Crippen LogP contribution in [-0.2, 0) is 15.7 Å². The Morgan fingerprint density at radius 1 is 0.939 bits per heavy atom. The van der Waals surface area contributed by atoms with Gasteiger partial charge >= 0.3 is 18.1 Å². The molecule has 0 N–H and O–H groups in total. The second-order valence-electron chi connectivity index (χ2n) is 6.77. The molecular formula is C23H20F3NO6. The Kier molecular flexibility index (Phi) is 6.75. The van der Waals surface area contributed by atoms with Gasteiger partial charge in [-0.15, -0.1) is 0 Å². The molecule has 0 saturated carbocycles. The van der Waals surface area contributed by atoms with Crippen molar-refractivity contribution in [3.63, 3.8) is 0 Å². The fourth-order valence-corrected chi connectivity index (χ4v) is 3.37. The summed E-state index contributed by atoms with van der Waals surface area (Å²) in [6.45, 7) is 2.83. The lowest BCUT2D eigenvalue weighted by Crippen LogP contribution is -2.16. The van der Waals surface area contributed by atoms with E-state index >= 15 is 0 Å². The van der Waals surface area contributed by atoms with Gasteiger partial charge in [-0.2, -0.15) is 13.2 Å². The molecular weight excluding hydrogens is 443 g/mol. The minimum absolute atomic E-state index is 0.0894. The predicted molar refractivity (Wildman–Crippen MR) is 111 cm³/mol. The van der Waals surface area contributed by atoms with E-state index in [4.69, 9.17) is 14.2 Å². The number of aromatic nitrogens is 1. The molecule has 0 bridgehead atoms. The number of carbonyl (C=O) groups is 3. The zero-order valence-corrected chi connectivity index (χ0v) is 18.0. The molecule has 174 valence electrons. The Bertz CT molecular complexity index is 1230. The lowest BCUT2D eigenvalue weighted by molar-refractivity contribution is -0.137. The number of alkyl halides is 3. The van der Waals surface area contributed by atoms with Crippen LogP contribution in [0, 0.1) is 0 Å². The van der Waals surface area contributed by atoms with Crippen molar-refractivity contribution in [1.29, 1.82) is 0 Å². The highest BCUT2D eigenvalue weighted by atomic mass is 19.4. The molecule has 0 aliphatic heterocycles. The number of ketones is 1. The van der Waals surface area contributed by atoms with Gasteiger partial charge in [-0.25, -0.2) is 9.59 Å². The predicted octanol–water partition coefficient (Wildman–Crippen LogP) is 4.55. The van der Waals surface area contributed by atoms with Crippen LogP contribution in [0.3, 0.4) is 0 Å². The van der Waals surface area contributed by atoms with Crippen molar-refractivity contribution in [3.05, 3.63) is 70.5 Å². The van der Waals surface area contributed by atoms with E-state index in [2.05, 4.69) is 0 Å². The molecule has 0 unspecified atom stereocenters. The smallest absolute Gasteiger partial charge is 0.416 e. The van der Waals surface area contributed by atoms with Crippen molar-refractivity contribution in [1.82, 2.24) is 4.40 Å². The van der Waals surface area contributed by atoms with E-state index in [-0.39, 0.29) is 30.0 Å². The molecule has 33 heavy (non-hydrogen) atoms. The van der Waals surface area contributed by atoms with Gasteiger partial charge in [0.25, 0.3) is 0 Å². The molecule has 7 nitrogen and oxygen atoms in total. The third kappa shape index (κ3) is 4.55. The fraction of sp³-hybridized carbons (Fsp3) is 0.261. The molecule has 0 fully saturated rings. The highest BCUT2D eigenvalue weighted by Crippen LogP contribution is 2.34. The molecule has 2 heterocycles. The zero-order valence-electron chi connectivity index (χ0n) is 18.0. The first kappa shape index (κ1) is 23.8. The molecule has 0 atom stereocenters. The number of carbonyl (C=O) groups excluding carboxylic acids is 3. The standard InChI is InChI=1S/C23H20F3NO6/c1-4-32-21(29)17-16-12-14(23(24,25)26)9-10-27(16)19(18(17)22(30)33-5-2)20(28)13-7-6-8-15(11-13)31-3/h6-12H,4-5H2,1-3H3. The summed E-state index contributed by atoms with van der Waals surface area (Å²) in [4.78, 5) is 39.1. The largest absolute Gasteiger partial charge is 0.497 e. The number of pyridine rings is 1. The van der Waals surface area contributed by atoms with Crippen molar-refractivity contribution in [3.8, 4) is 5.75 Å². The summed E-state index contributed by atoms with van der Waals surface area (Å²) in [6.07, 6.45) is -3.74. The van der Waals surface area contributed by atoms with Gasteiger partial charge in [0.2, 0.25) is 5.78 Å². The summed E-state index contributed by atoms with van der Waals surface area (Å²) in [5.74, 6) is -2.46.